The molecule has 1 aliphatic heterocycles. The largest absolute Gasteiger partial charge is 0.326 e. The molecule has 3 rings (SSSR count). The van der Waals surface area contributed by atoms with E-state index in [0.717, 1.165) is 16.8 Å². The summed E-state index contributed by atoms with van der Waals surface area (Å²) in [6.45, 7) is 5.63. The van der Waals surface area contributed by atoms with Gasteiger partial charge in [0.05, 0.1) is 11.2 Å². The summed E-state index contributed by atoms with van der Waals surface area (Å²) in [5.74, 6) is 0.652. The van der Waals surface area contributed by atoms with Gasteiger partial charge in [-0.2, -0.15) is 0 Å². The van der Waals surface area contributed by atoms with Crippen LogP contribution in [0.5, 0.6) is 0 Å². The number of carbonyl (C=O) groups is 2. The molecule has 27 heavy (non-hydrogen) atoms. The van der Waals surface area contributed by atoms with Crippen LogP contribution in [-0.4, -0.2) is 23.4 Å². The first-order chi connectivity index (χ1) is 12.8. The molecule has 6 heteroatoms. The van der Waals surface area contributed by atoms with Crippen LogP contribution < -0.4 is 10.2 Å². The maximum absolute atomic E-state index is 12.6. The molecule has 0 bridgehead atoms. The minimum Gasteiger partial charge on any atom is -0.326 e. The highest BCUT2D eigenvalue weighted by Crippen LogP contribution is 2.43. The van der Waals surface area contributed by atoms with Crippen LogP contribution >= 0.6 is 23.4 Å². The van der Waals surface area contributed by atoms with Gasteiger partial charge in [-0.05, 0) is 50.1 Å². The second-order valence-electron chi connectivity index (χ2n) is 7.31. The molecule has 4 nitrogen and oxygen atoms in total. The molecule has 0 radical (unpaired) electrons. The van der Waals surface area contributed by atoms with E-state index in [1.807, 2.05) is 74.2 Å². The van der Waals surface area contributed by atoms with E-state index in [4.69, 9.17) is 11.6 Å². The Morgan fingerprint density at radius 2 is 2.00 bits per heavy atom. The van der Waals surface area contributed by atoms with Gasteiger partial charge in [-0.15, -0.1) is 23.4 Å². The predicted molar refractivity (Wildman–Crippen MR) is 113 cm³/mol. The van der Waals surface area contributed by atoms with Crippen LogP contribution in [0.3, 0.4) is 0 Å². The molecule has 2 amide bonds. The Labute approximate surface area is 169 Å². The maximum atomic E-state index is 12.6. The molecule has 142 valence electrons. The highest BCUT2D eigenvalue weighted by atomic mass is 35.5. The Hall–Kier alpha value is -1.98. The lowest BCUT2D eigenvalue weighted by Crippen LogP contribution is -2.32. The Bertz CT molecular complexity index is 869. The summed E-state index contributed by atoms with van der Waals surface area (Å²) in [5.41, 5.74) is 3.03. The highest BCUT2D eigenvalue weighted by Gasteiger charge is 2.35. The summed E-state index contributed by atoms with van der Waals surface area (Å²) in [6, 6.07) is 15.6. The quantitative estimate of drug-likeness (QED) is 0.717. The SMILES string of the molecule is Cc1ccccc1N1C(=O)CS[C@H]1c1cccc(NC(=O)C(C)(C)CCl)c1. The molecule has 1 N–H and O–H groups in total. The van der Waals surface area contributed by atoms with Gasteiger partial charge in [0.25, 0.3) is 0 Å². The average molecular weight is 403 g/mol. The molecule has 0 aromatic heterocycles. The Morgan fingerprint density at radius 1 is 1.26 bits per heavy atom. The van der Waals surface area contributed by atoms with E-state index in [2.05, 4.69) is 5.32 Å². The van der Waals surface area contributed by atoms with Crippen molar-refractivity contribution in [1.82, 2.24) is 0 Å². The number of nitrogens with zero attached hydrogens (tertiary/aromatic N) is 1. The number of hydrogen-bond donors (Lipinski definition) is 1. The first-order valence-corrected chi connectivity index (χ1v) is 10.4. The van der Waals surface area contributed by atoms with Crippen molar-refractivity contribution in [3.63, 3.8) is 0 Å². The molecule has 1 saturated heterocycles. The number of anilines is 2. The van der Waals surface area contributed by atoms with Crippen LogP contribution in [0.15, 0.2) is 48.5 Å². The van der Waals surface area contributed by atoms with Crippen molar-refractivity contribution in [2.24, 2.45) is 5.41 Å². The third kappa shape index (κ3) is 4.14. The van der Waals surface area contributed by atoms with Crippen molar-refractivity contribution in [1.29, 1.82) is 0 Å². The van der Waals surface area contributed by atoms with Gasteiger partial charge in [0, 0.05) is 17.3 Å². The molecule has 1 fully saturated rings. The van der Waals surface area contributed by atoms with Gasteiger partial charge in [0.2, 0.25) is 11.8 Å². The third-order valence-corrected chi connectivity index (χ3v) is 6.50. The second kappa shape index (κ2) is 7.95. The van der Waals surface area contributed by atoms with E-state index in [-0.39, 0.29) is 23.1 Å². The van der Waals surface area contributed by atoms with Gasteiger partial charge in [-0.25, -0.2) is 0 Å². The molecule has 1 heterocycles. The Morgan fingerprint density at radius 3 is 2.70 bits per heavy atom. The summed E-state index contributed by atoms with van der Waals surface area (Å²) in [6.07, 6.45) is 0. The fourth-order valence-electron chi connectivity index (χ4n) is 2.90. The molecular formula is C21H23ClN2O2S. The fraction of sp³-hybridized carbons (Fsp3) is 0.333. The van der Waals surface area contributed by atoms with Crippen LogP contribution in [-0.2, 0) is 9.59 Å². The summed E-state index contributed by atoms with van der Waals surface area (Å²) in [4.78, 5) is 26.8. The maximum Gasteiger partial charge on any atom is 0.238 e. The van der Waals surface area contributed by atoms with Crippen molar-refractivity contribution in [3.8, 4) is 0 Å². The number of benzene rings is 2. The van der Waals surface area contributed by atoms with Crippen molar-refractivity contribution >= 4 is 46.6 Å². The lowest BCUT2D eigenvalue weighted by atomic mass is 9.95. The minimum absolute atomic E-state index is 0.0945. The van der Waals surface area contributed by atoms with Gasteiger partial charge in [-0.1, -0.05) is 30.3 Å². The van der Waals surface area contributed by atoms with Crippen molar-refractivity contribution in [2.45, 2.75) is 26.1 Å². The molecular weight excluding hydrogens is 380 g/mol. The summed E-state index contributed by atoms with van der Waals surface area (Å²) >= 11 is 7.49. The van der Waals surface area contributed by atoms with Crippen LogP contribution in [0.2, 0.25) is 0 Å². The number of nitrogens with one attached hydrogen (secondary N) is 1. The molecule has 0 spiro atoms. The average Bonchev–Trinajstić information content (AvgIpc) is 3.03. The summed E-state index contributed by atoms with van der Waals surface area (Å²) in [5, 5.41) is 2.82. The number of rotatable bonds is 5. The van der Waals surface area contributed by atoms with Crippen LogP contribution in [0, 0.1) is 12.3 Å². The number of aryl methyl sites for hydroxylation is 1. The summed E-state index contributed by atoms with van der Waals surface area (Å²) < 4.78 is 0. The van der Waals surface area contributed by atoms with Gasteiger partial charge in [0.15, 0.2) is 0 Å². The number of thioether (sulfide) groups is 1. The predicted octanol–water partition coefficient (Wildman–Crippen LogP) is 4.98. The minimum atomic E-state index is -0.650. The smallest absolute Gasteiger partial charge is 0.238 e. The zero-order chi connectivity index (χ0) is 19.6. The molecule has 2 aromatic carbocycles. The topological polar surface area (TPSA) is 49.4 Å². The fourth-order valence-corrected chi connectivity index (χ4v) is 4.18. The van der Waals surface area contributed by atoms with Gasteiger partial charge >= 0.3 is 0 Å². The molecule has 0 aliphatic carbocycles. The first-order valence-electron chi connectivity index (χ1n) is 8.80. The van der Waals surface area contributed by atoms with Crippen LogP contribution in [0.1, 0.15) is 30.3 Å². The van der Waals surface area contributed by atoms with E-state index >= 15 is 0 Å². The van der Waals surface area contributed by atoms with Crippen molar-refractivity contribution < 1.29 is 9.59 Å². The van der Waals surface area contributed by atoms with Gasteiger partial charge in [0.1, 0.15) is 5.37 Å². The third-order valence-electron chi connectivity index (χ3n) is 4.62. The Kier molecular flexibility index (Phi) is 5.82. The van der Waals surface area contributed by atoms with Crippen LogP contribution in [0.25, 0.3) is 0 Å². The zero-order valence-electron chi connectivity index (χ0n) is 15.7. The second-order valence-corrected chi connectivity index (χ2v) is 8.65. The van der Waals surface area contributed by atoms with E-state index in [9.17, 15) is 9.59 Å². The first kappa shape index (κ1) is 19.8. The van der Waals surface area contributed by atoms with E-state index in [0.29, 0.717) is 11.4 Å². The molecule has 0 unspecified atom stereocenters. The van der Waals surface area contributed by atoms with E-state index in [1.165, 1.54) is 0 Å². The number of halogens is 1. The lowest BCUT2D eigenvalue weighted by Gasteiger charge is -2.26. The normalized spacial score (nSPS) is 17.3. The monoisotopic (exact) mass is 402 g/mol. The van der Waals surface area contributed by atoms with Gasteiger partial charge < -0.3 is 5.32 Å². The number of carbonyl (C=O) groups excluding carboxylic acids is 2. The highest BCUT2D eigenvalue weighted by molar-refractivity contribution is 8.00. The molecule has 0 saturated carbocycles. The number of para-hydroxylation sites is 1. The number of alkyl halides is 1. The van der Waals surface area contributed by atoms with Crippen molar-refractivity contribution in [3.05, 3.63) is 59.7 Å². The number of amides is 2. The van der Waals surface area contributed by atoms with E-state index in [1.54, 1.807) is 11.8 Å². The molecule has 2 aromatic rings. The number of hydrogen-bond acceptors (Lipinski definition) is 3. The lowest BCUT2D eigenvalue weighted by molar-refractivity contribution is -0.123. The standard InChI is InChI=1S/C21H23ClN2O2S/c1-14-7-4-5-10-17(14)24-18(25)12-27-19(24)15-8-6-9-16(11-15)23-20(26)21(2,3)13-22/h4-11,19H,12-13H2,1-3H3,(H,23,26)/t19-/m0/s1. The van der Waals surface area contributed by atoms with E-state index < -0.39 is 5.41 Å². The van der Waals surface area contributed by atoms with Gasteiger partial charge in [-0.3, -0.25) is 14.5 Å². The van der Waals surface area contributed by atoms with Crippen LogP contribution in [0.4, 0.5) is 11.4 Å². The zero-order valence-corrected chi connectivity index (χ0v) is 17.2. The Balaban J connectivity index is 1.89. The molecule has 1 atom stereocenters. The molecule has 1 aliphatic rings. The summed E-state index contributed by atoms with van der Waals surface area (Å²) in [7, 11) is 0. The van der Waals surface area contributed by atoms with Crippen molar-refractivity contribution in [2.75, 3.05) is 21.8 Å².